The molecule has 1 amide bonds. The lowest BCUT2D eigenvalue weighted by atomic mass is 10.2. The molecular formula is C24H27ClN3O2+. The van der Waals surface area contributed by atoms with Crippen molar-refractivity contribution in [1.29, 1.82) is 0 Å². The molecule has 0 spiro atoms. The number of rotatable bonds is 6. The Kier molecular flexibility index (Phi) is 6.41. The van der Waals surface area contributed by atoms with Gasteiger partial charge in [-0.2, -0.15) is 0 Å². The van der Waals surface area contributed by atoms with Gasteiger partial charge in [-0.3, -0.25) is 4.79 Å². The van der Waals surface area contributed by atoms with Crippen LogP contribution in [-0.2, 0) is 11.3 Å². The van der Waals surface area contributed by atoms with Gasteiger partial charge in [0.25, 0.3) is 5.91 Å². The first-order valence-corrected chi connectivity index (χ1v) is 10.7. The Morgan fingerprint density at radius 1 is 0.967 bits per heavy atom. The molecule has 1 aliphatic heterocycles. The van der Waals surface area contributed by atoms with Crippen LogP contribution in [0.4, 0.5) is 5.69 Å². The minimum absolute atomic E-state index is 0.199. The van der Waals surface area contributed by atoms with Gasteiger partial charge in [-0.1, -0.05) is 29.8 Å². The van der Waals surface area contributed by atoms with E-state index in [0.29, 0.717) is 18.1 Å². The van der Waals surface area contributed by atoms with E-state index in [4.69, 9.17) is 16.0 Å². The van der Waals surface area contributed by atoms with Crippen molar-refractivity contribution in [3.63, 3.8) is 0 Å². The van der Waals surface area contributed by atoms with Gasteiger partial charge < -0.3 is 19.1 Å². The van der Waals surface area contributed by atoms with Gasteiger partial charge in [0.05, 0.1) is 7.05 Å². The van der Waals surface area contributed by atoms with Crippen molar-refractivity contribution in [3.05, 3.63) is 77.5 Å². The molecular weight excluding hydrogens is 398 g/mol. The number of nitrogens with zero attached hydrogens (tertiary/aromatic N) is 2. The molecule has 1 aliphatic rings. The number of hydrogen-bond donors (Lipinski definition) is 1. The summed E-state index contributed by atoms with van der Waals surface area (Å²) < 4.78 is 5.97. The topological polar surface area (TPSA) is 41.1 Å². The molecule has 4 rings (SSSR count). The van der Waals surface area contributed by atoms with Gasteiger partial charge in [0.1, 0.15) is 12.3 Å². The first kappa shape index (κ1) is 20.5. The molecule has 3 aromatic rings. The standard InChI is InChI=1S/C24H26ClN3O2/c1-26(17-22-11-12-23(30-22)19-7-9-20(25)10-8-19)18-24(29)28-15-13-27(14-16-28)21-5-3-2-4-6-21/h2-12H,13-18H2,1H3/p+1. The first-order valence-electron chi connectivity index (χ1n) is 10.3. The highest BCUT2D eigenvalue weighted by Gasteiger charge is 2.24. The Bertz CT molecular complexity index is 964. The van der Waals surface area contributed by atoms with Gasteiger partial charge in [-0.25, -0.2) is 0 Å². The molecule has 156 valence electrons. The van der Waals surface area contributed by atoms with E-state index in [0.717, 1.165) is 48.2 Å². The minimum atomic E-state index is 0.199. The van der Waals surface area contributed by atoms with E-state index in [1.807, 2.05) is 54.4 Å². The van der Waals surface area contributed by atoms with Crippen LogP contribution in [0, 0.1) is 0 Å². The van der Waals surface area contributed by atoms with E-state index in [1.54, 1.807) is 0 Å². The second-order valence-corrected chi connectivity index (χ2v) is 8.22. The zero-order valence-electron chi connectivity index (χ0n) is 17.2. The number of para-hydroxylation sites is 1. The highest BCUT2D eigenvalue weighted by Crippen LogP contribution is 2.23. The Labute approximate surface area is 182 Å². The molecule has 2 heterocycles. The summed E-state index contributed by atoms with van der Waals surface area (Å²) in [6.07, 6.45) is 0. The Morgan fingerprint density at radius 3 is 2.37 bits per heavy atom. The van der Waals surface area contributed by atoms with E-state index in [2.05, 4.69) is 29.2 Å². The normalized spacial score (nSPS) is 15.3. The van der Waals surface area contributed by atoms with E-state index in [9.17, 15) is 4.79 Å². The lowest BCUT2D eigenvalue weighted by Gasteiger charge is -2.36. The third-order valence-corrected chi connectivity index (χ3v) is 5.73. The summed E-state index contributed by atoms with van der Waals surface area (Å²) in [5, 5.41) is 0.706. The third-order valence-electron chi connectivity index (χ3n) is 5.47. The smallest absolute Gasteiger partial charge is 0.277 e. The van der Waals surface area contributed by atoms with Crippen LogP contribution in [-0.4, -0.2) is 50.6 Å². The highest BCUT2D eigenvalue weighted by molar-refractivity contribution is 6.30. The molecule has 6 heteroatoms. The van der Waals surface area contributed by atoms with Crippen LogP contribution in [0.5, 0.6) is 0 Å². The van der Waals surface area contributed by atoms with Crippen LogP contribution < -0.4 is 9.80 Å². The number of furan rings is 1. The van der Waals surface area contributed by atoms with Crippen molar-refractivity contribution >= 4 is 23.2 Å². The number of hydrogen-bond acceptors (Lipinski definition) is 3. The van der Waals surface area contributed by atoms with E-state index in [1.165, 1.54) is 5.69 Å². The Hall–Kier alpha value is -2.76. The Morgan fingerprint density at radius 2 is 1.67 bits per heavy atom. The SMILES string of the molecule is C[NH+](CC(=O)N1CCN(c2ccccc2)CC1)Cc1ccc(-c2ccc(Cl)cc2)o1. The maximum Gasteiger partial charge on any atom is 0.277 e. The second kappa shape index (κ2) is 9.37. The molecule has 1 aromatic heterocycles. The zero-order chi connectivity index (χ0) is 20.9. The lowest BCUT2D eigenvalue weighted by Crippen LogP contribution is -3.08. The minimum Gasteiger partial charge on any atom is -0.455 e. The van der Waals surface area contributed by atoms with Crippen molar-refractivity contribution in [2.24, 2.45) is 0 Å². The summed E-state index contributed by atoms with van der Waals surface area (Å²) in [4.78, 5) is 18.2. The van der Waals surface area contributed by atoms with Gasteiger partial charge >= 0.3 is 0 Å². The molecule has 2 aromatic carbocycles. The zero-order valence-corrected chi connectivity index (χ0v) is 17.9. The molecule has 5 nitrogen and oxygen atoms in total. The molecule has 0 bridgehead atoms. The third kappa shape index (κ3) is 5.04. The average Bonchev–Trinajstić information content (AvgIpc) is 3.23. The molecule has 0 saturated carbocycles. The maximum absolute atomic E-state index is 12.7. The summed E-state index contributed by atoms with van der Waals surface area (Å²) in [5.74, 6) is 1.89. The Balaban J connectivity index is 1.27. The van der Waals surface area contributed by atoms with Crippen LogP contribution in [0.15, 0.2) is 71.1 Å². The summed E-state index contributed by atoms with van der Waals surface area (Å²) in [7, 11) is 2.03. The number of nitrogens with one attached hydrogen (secondary N) is 1. The molecule has 1 saturated heterocycles. The largest absolute Gasteiger partial charge is 0.455 e. The number of anilines is 1. The lowest BCUT2D eigenvalue weighted by molar-refractivity contribution is -0.886. The number of benzene rings is 2. The van der Waals surface area contributed by atoms with Gasteiger partial charge in [-0.05, 0) is 48.5 Å². The van der Waals surface area contributed by atoms with Crippen molar-refractivity contribution < 1.29 is 14.1 Å². The van der Waals surface area contributed by atoms with Crippen LogP contribution >= 0.6 is 11.6 Å². The van der Waals surface area contributed by atoms with Crippen molar-refractivity contribution in [2.75, 3.05) is 44.7 Å². The second-order valence-electron chi connectivity index (χ2n) is 7.79. The highest BCUT2D eigenvalue weighted by atomic mass is 35.5. The predicted octanol–water partition coefficient (Wildman–Crippen LogP) is 2.96. The number of likely N-dealkylation sites (N-methyl/N-ethyl adjacent to an activating group) is 1. The van der Waals surface area contributed by atoms with Crippen molar-refractivity contribution in [2.45, 2.75) is 6.54 Å². The van der Waals surface area contributed by atoms with Crippen LogP contribution in [0.25, 0.3) is 11.3 Å². The van der Waals surface area contributed by atoms with Gasteiger partial charge in [-0.15, -0.1) is 0 Å². The van der Waals surface area contributed by atoms with Crippen LogP contribution in [0.1, 0.15) is 5.76 Å². The van der Waals surface area contributed by atoms with E-state index < -0.39 is 0 Å². The number of piperazine rings is 1. The van der Waals surface area contributed by atoms with Crippen molar-refractivity contribution in [3.8, 4) is 11.3 Å². The number of carbonyl (C=O) groups is 1. The van der Waals surface area contributed by atoms with Gasteiger partial charge in [0.2, 0.25) is 0 Å². The fourth-order valence-corrected chi connectivity index (χ4v) is 3.95. The number of halogens is 1. The average molecular weight is 425 g/mol. The predicted molar refractivity (Wildman–Crippen MR) is 120 cm³/mol. The fraction of sp³-hybridized carbons (Fsp3) is 0.292. The first-order chi connectivity index (χ1) is 14.6. The van der Waals surface area contributed by atoms with Crippen molar-refractivity contribution in [1.82, 2.24) is 4.90 Å². The molecule has 30 heavy (non-hydrogen) atoms. The maximum atomic E-state index is 12.7. The fourth-order valence-electron chi connectivity index (χ4n) is 3.82. The molecule has 1 fully saturated rings. The van der Waals surface area contributed by atoms with E-state index in [-0.39, 0.29) is 5.91 Å². The monoisotopic (exact) mass is 424 g/mol. The summed E-state index contributed by atoms with van der Waals surface area (Å²) >= 11 is 5.95. The molecule has 0 aliphatic carbocycles. The molecule has 1 atom stereocenters. The summed E-state index contributed by atoms with van der Waals surface area (Å²) in [6, 6.07) is 21.9. The van der Waals surface area contributed by atoms with Crippen LogP contribution in [0.3, 0.4) is 0 Å². The number of quaternary nitrogens is 1. The van der Waals surface area contributed by atoms with Gasteiger partial charge in [0, 0.05) is 42.5 Å². The number of amides is 1. The summed E-state index contributed by atoms with van der Waals surface area (Å²) in [6.45, 7) is 4.41. The van der Waals surface area contributed by atoms with Gasteiger partial charge in [0.15, 0.2) is 12.3 Å². The number of carbonyl (C=O) groups excluding carboxylic acids is 1. The molecule has 0 radical (unpaired) electrons. The molecule has 1 unspecified atom stereocenters. The quantitative estimate of drug-likeness (QED) is 0.661. The summed E-state index contributed by atoms with van der Waals surface area (Å²) in [5.41, 5.74) is 2.22. The van der Waals surface area contributed by atoms with E-state index >= 15 is 0 Å². The molecule has 1 N–H and O–H groups in total. The van der Waals surface area contributed by atoms with Crippen LogP contribution in [0.2, 0.25) is 5.02 Å².